The molecule has 1 N–H and O–H groups in total. The van der Waals surface area contributed by atoms with Crippen molar-refractivity contribution in [3.05, 3.63) is 40.2 Å². The first-order valence-electron chi connectivity index (χ1n) is 6.63. The van der Waals surface area contributed by atoms with Crippen molar-refractivity contribution in [2.45, 2.75) is 13.8 Å². The summed E-state index contributed by atoms with van der Waals surface area (Å²) in [5.41, 5.74) is 1.88. The molecule has 1 aromatic heterocycles. The van der Waals surface area contributed by atoms with Crippen LogP contribution in [-0.4, -0.2) is 31.1 Å². The molecule has 0 spiro atoms. The second-order valence-electron chi connectivity index (χ2n) is 3.71. The summed E-state index contributed by atoms with van der Waals surface area (Å²) in [6.45, 7) is 4.00. The van der Waals surface area contributed by atoms with Gasteiger partial charge in [-0.15, -0.1) is 11.3 Å². The molecule has 0 aliphatic carbocycles. The minimum atomic E-state index is -0.534. The van der Waals surface area contributed by atoms with Crippen LogP contribution >= 0.6 is 11.3 Å². The molecule has 2 aromatic rings. The number of anilines is 1. The van der Waals surface area contributed by atoms with Crippen LogP contribution in [0.4, 0.5) is 5.82 Å². The Labute approximate surface area is 133 Å². The quantitative estimate of drug-likeness (QED) is 0.875. The summed E-state index contributed by atoms with van der Waals surface area (Å²) in [7, 11) is 2.79. The van der Waals surface area contributed by atoms with Crippen molar-refractivity contribution in [1.82, 2.24) is 4.98 Å². The molecule has 0 saturated heterocycles. The number of benzene rings is 1. The first-order valence-corrected chi connectivity index (χ1v) is 7.51. The second-order valence-corrected chi connectivity index (χ2v) is 4.56. The van der Waals surface area contributed by atoms with E-state index in [4.69, 9.17) is 4.74 Å². The van der Waals surface area contributed by atoms with Crippen molar-refractivity contribution in [3.8, 4) is 5.75 Å². The van der Waals surface area contributed by atoms with Crippen molar-refractivity contribution >= 4 is 29.0 Å². The maximum Gasteiger partial charge on any atom is 0.351 e. The predicted molar refractivity (Wildman–Crippen MR) is 85.7 cm³/mol. The summed E-state index contributed by atoms with van der Waals surface area (Å²) < 4.78 is 9.67. The van der Waals surface area contributed by atoms with E-state index in [1.54, 1.807) is 24.3 Å². The van der Waals surface area contributed by atoms with Gasteiger partial charge in [-0.2, -0.15) is 0 Å². The number of thiazole rings is 1. The molecule has 0 aliphatic rings. The minimum absolute atomic E-state index is 0.190. The van der Waals surface area contributed by atoms with Crippen LogP contribution in [0.3, 0.4) is 0 Å². The van der Waals surface area contributed by atoms with Gasteiger partial charge in [0.2, 0.25) is 0 Å². The Morgan fingerprint density at radius 2 is 1.95 bits per heavy atom. The van der Waals surface area contributed by atoms with E-state index < -0.39 is 5.97 Å². The van der Waals surface area contributed by atoms with Crippen molar-refractivity contribution in [1.29, 1.82) is 0 Å². The van der Waals surface area contributed by atoms with Gasteiger partial charge in [-0.1, -0.05) is 19.9 Å². The third-order valence-corrected chi connectivity index (χ3v) is 3.31. The van der Waals surface area contributed by atoms with E-state index >= 15 is 0 Å². The monoisotopic (exact) mass is 322 g/mol. The summed E-state index contributed by atoms with van der Waals surface area (Å²) in [4.78, 5) is 27.8. The van der Waals surface area contributed by atoms with E-state index in [-0.39, 0.29) is 16.6 Å². The number of rotatable bonds is 4. The molecule has 0 atom stereocenters. The van der Waals surface area contributed by atoms with E-state index in [1.165, 1.54) is 19.7 Å². The Morgan fingerprint density at radius 1 is 1.23 bits per heavy atom. The van der Waals surface area contributed by atoms with Gasteiger partial charge in [0, 0.05) is 5.56 Å². The van der Waals surface area contributed by atoms with E-state index in [0.717, 1.165) is 11.3 Å². The molecule has 0 radical (unpaired) electrons. The van der Waals surface area contributed by atoms with E-state index in [1.807, 2.05) is 13.8 Å². The number of amides is 1. The molecule has 1 amide bonds. The Bertz CT molecular complexity index is 640. The molecule has 118 valence electrons. The third-order valence-electron chi connectivity index (χ3n) is 2.50. The predicted octanol–water partition coefficient (Wildman–Crippen LogP) is 3.22. The van der Waals surface area contributed by atoms with Crippen molar-refractivity contribution in [3.63, 3.8) is 0 Å². The van der Waals surface area contributed by atoms with Gasteiger partial charge in [0.15, 0.2) is 10.7 Å². The number of nitrogens with one attached hydrogen (secondary N) is 1. The maximum atomic E-state index is 12.1. The van der Waals surface area contributed by atoms with Crippen LogP contribution in [0.15, 0.2) is 29.8 Å². The summed E-state index contributed by atoms with van der Waals surface area (Å²) in [6, 6.07) is 6.68. The highest BCUT2D eigenvalue weighted by Gasteiger charge is 2.18. The fourth-order valence-electron chi connectivity index (χ4n) is 1.52. The van der Waals surface area contributed by atoms with Crippen molar-refractivity contribution < 1.29 is 19.1 Å². The normalized spacial score (nSPS) is 9.27. The largest absolute Gasteiger partial charge is 0.497 e. The highest BCUT2D eigenvalue weighted by Crippen LogP contribution is 2.21. The number of hydrogen-bond acceptors (Lipinski definition) is 6. The molecule has 0 unspecified atom stereocenters. The van der Waals surface area contributed by atoms with Gasteiger partial charge < -0.3 is 14.8 Å². The lowest BCUT2D eigenvalue weighted by molar-refractivity contribution is 0.0607. The highest BCUT2D eigenvalue weighted by atomic mass is 32.1. The number of hydrogen-bond donors (Lipinski definition) is 1. The lowest BCUT2D eigenvalue weighted by Crippen LogP contribution is -2.14. The standard InChI is InChI=1S/C13H12N2O4S.C2H6/c1-18-9-5-3-4-8(6-9)12(16)15-11-10(13(17)19-2)20-7-14-11;1-2/h3-7H,1-2H3,(H,15,16);1-2H3. The fourth-order valence-corrected chi connectivity index (χ4v) is 2.18. The lowest BCUT2D eigenvalue weighted by atomic mass is 10.2. The molecule has 0 saturated carbocycles. The van der Waals surface area contributed by atoms with Crippen molar-refractivity contribution in [2.24, 2.45) is 0 Å². The molecule has 7 heteroatoms. The Morgan fingerprint density at radius 3 is 2.59 bits per heavy atom. The summed E-state index contributed by atoms with van der Waals surface area (Å²) in [5, 5.41) is 2.58. The number of esters is 1. The molecule has 2 rings (SSSR count). The Kier molecular flexibility index (Phi) is 7.04. The molecule has 0 fully saturated rings. The maximum absolute atomic E-state index is 12.1. The van der Waals surface area contributed by atoms with Crippen LogP contribution in [0.1, 0.15) is 33.9 Å². The van der Waals surface area contributed by atoms with Crippen LogP contribution in [0.25, 0.3) is 0 Å². The molecular weight excluding hydrogens is 304 g/mol. The molecule has 1 aromatic carbocycles. The van der Waals surface area contributed by atoms with Crippen LogP contribution in [0.5, 0.6) is 5.75 Å². The average Bonchev–Trinajstić information content (AvgIpc) is 3.04. The zero-order chi connectivity index (χ0) is 16.5. The number of ether oxygens (including phenoxy) is 2. The lowest BCUT2D eigenvalue weighted by Gasteiger charge is -2.06. The van der Waals surface area contributed by atoms with Crippen molar-refractivity contribution in [2.75, 3.05) is 19.5 Å². The second kappa shape index (κ2) is 8.78. The average molecular weight is 322 g/mol. The molecule has 1 heterocycles. The summed E-state index contributed by atoms with van der Waals surface area (Å²) in [6.07, 6.45) is 0. The zero-order valence-corrected chi connectivity index (χ0v) is 13.7. The molecule has 22 heavy (non-hydrogen) atoms. The van der Waals surface area contributed by atoms with Crippen LogP contribution in [0, 0.1) is 0 Å². The first kappa shape index (κ1) is 17.6. The number of carbonyl (C=O) groups is 2. The number of nitrogens with zero attached hydrogens (tertiary/aromatic N) is 1. The Hall–Kier alpha value is -2.41. The van der Waals surface area contributed by atoms with Gasteiger partial charge in [-0.05, 0) is 18.2 Å². The van der Waals surface area contributed by atoms with Crippen LogP contribution in [0.2, 0.25) is 0 Å². The zero-order valence-electron chi connectivity index (χ0n) is 12.9. The first-order chi connectivity index (χ1) is 10.7. The van der Waals surface area contributed by atoms with E-state index in [2.05, 4.69) is 15.0 Å². The highest BCUT2D eigenvalue weighted by molar-refractivity contribution is 7.12. The molecule has 6 nitrogen and oxygen atoms in total. The number of carbonyl (C=O) groups excluding carboxylic acids is 2. The van der Waals surface area contributed by atoms with Gasteiger partial charge in [-0.3, -0.25) is 4.79 Å². The molecule has 0 aliphatic heterocycles. The van der Waals surface area contributed by atoms with Gasteiger partial charge in [-0.25, -0.2) is 9.78 Å². The number of aromatic nitrogens is 1. The van der Waals surface area contributed by atoms with Crippen LogP contribution < -0.4 is 10.1 Å². The van der Waals surface area contributed by atoms with Crippen LogP contribution in [-0.2, 0) is 4.74 Å². The molecular formula is C15H18N2O4S. The smallest absolute Gasteiger partial charge is 0.351 e. The van der Waals surface area contributed by atoms with Gasteiger partial charge in [0.25, 0.3) is 5.91 Å². The third kappa shape index (κ3) is 4.29. The van der Waals surface area contributed by atoms with Gasteiger partial charge >= 0.3 is 5.97 Å². The summed E-state index contributed by atoms with van der Waals surface area (Å²) >= 11 is 1.10. The Balaban J connectivity index is 0.00000116. The van der Waals surface area contributed by atoms with E-state index in [9.17, 15) is 9.59 Å². The topological polar surface area (TPSA) is 77.5 Å². The fraction of sp³-hybridized carbons (Fsp3) is 0.267. The van der Waals surface area contributed by atoms with Gasteiger partial charge in [0.1, 0.15) is 5.75 Å². The minimum Gasteiger partial charge on any atom is -0.497 e. The number of methoxy groups -OCH3 is 2. The molecule has 0 bridgehead atoms. The van der Waals surface area contributed by atoms with E-state index in [0.29, 0.717) is 11.3 Å². The summed E-state index contributed by atoms with van der Waals surface area (Å²) in [5.74, 6) is -0.146. The SMILES string of the molecule is CC.COC(=O)c1scnc1NC(=O)c1cccc(OC)c1. The van der Waals surface area contributed by atoms with Gasteiger partial charge in [0.05, 0.1) is 19.7 Å².